The molecule has 1 aromatic carbocycles. The number of hydrogen-bond acceptors (Lipinski definition) is 5. The van der Waals surface area contributed by atoms with Crippen LogP contribution in [0.25, 0.3) is 0 Å². The van der Waals surface area contributed by atoms with Crippen LogP contribution in [0.2, 0.25) is 0 Å². The topological polar surface area (TPSA) is 107 Å². The quantitative estimate of drug-likeness (QED) is 0.234. The molecule has 0 aliphatic rings. The molecule has 0 fully saturated rings. The van der Waals surface area contributed by atoms with Crippen LogP contribution in [-0.2, 0) is 11.3 Å². The number of carbonyl (C=O) groups is 2. The van der Waals surface area contributed by atoms with Crippen LogP contribution >= 0.6 is 0 Å². The van der Waals surface area contributed by atoms with Crippen molar-refractivity contribution in [3.63, 3.8) is 0 Å². The van der Waals surface area contributed by atoms with Gasteiger partial charge in [0.15, 0.2) is 5.96 Å². The van der Waals surface area contributed by atoms with Crippen LogP contribution in [0.3, 0.4) is 0 Å². The highest BCUT2D eigenvalue weighted by Crippen LogP contribution is 2.07. The van der Waals surface area contributed by atoms with E-state index in [0.717, 1.165) is 25.1 Å². The van der Waals surface area contributed by atoms with Gasteiger partial charge in [-0.1, -0.05) is 12.1 Å². The first-order valence-corrected chi connectivity index (χ1v) is 11.1. The Labute approximate surface area is 192 Å². The van der Waals surface area contributed by atoms with Gasteiger partial charge in [0, 0.05) is 38.3 Å². The molecule has 0 aromatic heterocycles. The van der Waals surface area contributed by atoms with Crippen molar-refractivity contribution in [1.82, 2.24) is 26.2 Å². The summed E-state index contributed by atoms with van der Waals surface area (Å²) >= 11 is 0. The summed E-state index contributed by atoms with van der Waals surface area (Å²) in [6.45, 7) is 11.2. The molecule has 32 heavy (non-hydrogen) atoms. The van der Waals surface area contributed by atoms with E-state index in [-0.39, 0.29) is 5.91 Å². The predicted molar refractivity (Wildman–Crippen MR) is 129 cm³/mol. The minimum atomic E-state index is -0.503. The van der Waals surface area contributed by atoms with Crippen molar-refractivity contribution in [2.75, 3.05) is 46.8 Å². The third-order valence-corrected chi connectivity index (χ3v) is 4.11. The fourth-order valence-corrected chi connectivity index (χ4v) is 2.62. The van der Waals surface area contributed by atoms with Gasteiger partial charge in [-0.25, -0.2) is 9.79 Å². The van der Waals surface area contributed by atoms with E-state index in [2.05, 4.69) is 26.3 Å². The molecule has 0 aliphatic carbocycles. The van der Waals surface area contributed by atoms with Gasteiger partial charge in [-0.3, -0.25) is 4.79 Å². The second-order valence-electron chi connectivity index (χ2n) is 8.66. The zero-order valence-corrected chi connectivity index (χ0v) is 20.4. The molecule has 0 bridgehead atoms. The van der Waals surface area contributed by atoms with Crippen LogP contribution in [-0.4, -0.2) is 75.3 Å². The Morgan fingerprint density at radius 2 is 1.75 bits per heavy atom. The van der Waals surface area contributed by atoms with Gasteiger partial charge in [0.2, 0.25) is 0 Å². The summed E-state index contributed by atoms with van der Waals surface area (Å²) in [5.41, 5.74) is 1.08. The van der Waals surface area contributed by atoms with E-state index in [1.165, 1.54) is 0 Å². The summed E-state index contributed by atoms with van der Waals surface area (Å²) in [5, 5.41) is 12.1. The van der Waals surface area contributed by atoms with E-state index >= 15 is 0 Å². The molecule has 4 N–H and O–H groups in total. The average molecular weight is 449 g/mol. The number of guanidine groups is 1. The van der Waals surface area contributed by atoms with Gasteiger partial charge in [0.25, 0.3) is 5.91 Å². The van der Waals surface area contributed by atoms with Crippen molar-refractivity contribution in [2.45, 2.75) is 46.3 Å². The third-order valence-electron chi connectivity index (χ3n) is 4.11. The Morgan fingerprint density at radius 1 is 1.03 bits per heavy atom. The summed E-state index contributed by atoms with van der Waals surface area (Å²) in [6, 6.07) is 7.49. The zero-order valence-electron chi connectivity index (χ0n) is 20.4. The van der Waals surface area contributed by atoms with E-state index in [1.807, 2.05) is 64.9 Å². The number of alkyl carbamates (subject to hydrolysis) is 1. The first kappa shape index (κ1) is 27.2. The van der Waals surface area contributed by atoms with Gasteiger partial charge in [-0.15, -0.1) is 0 Å². The first-order chi connectivity index (χ1) is 15.1. The first-order valence-electron chi connectivity index (χ1n) is 11.1. The molecule has 0 unspecified atom stereocenters. The predicted octanol–water partition coefficient (Wildman–Crippen LogP) is 1.95. The summed E-state index contributed by atoms with van der Waals surface area (Å²) in [4.78, 5) is 30.6. The maximum atomic E-state index is 12.3. The highest BCUT2D eigenvalue weighted by molar-refractivity contribution is 5.94. The Bertz CT molecular complexity index is 743. The Balaban J connectivity index is 2.49. The van der Waals surface area contributed by atoms with Crippen molar-refractivity contribution in [3.8, 4) is 0 Å². The van der Waals surface area contributed by atoms with Gasteiger partial charge in [0.05, 0.1) is 6.54 Å². The maximum absolute atomic E-state index is 12.3. The largest absolute Gasteiger partial charge is 0.444 e. The number of carbonyl (C=O) groups excluding carboxylic acids is 2. The standard InChI is InChI=1S/C23H40N6O3/c1-7-24-21(26-12-9-13-27-22(31)32-23(2,3)4)28-17-18-10-8-11-19(16-18)20(30)25-14-15-29(5)6/h8,10-11,16H,7,9,12-15,17H2,1-6H3,(H,25,30)(H,27,31)(H2,24,26,28). The van der Waals surface area contributed by atoms with Crippen LogP contribution < -0.4 is 21.3 Å². The van der Waals surface area contributed by atoms with Gasteiger partial charge in [-0.05, 0) is 65.9 Å². The number of nitrogens with one attached hydrogen (secondary N) is 4. The minimum absolute atomic E-state index is 0.0831. The molecule has 1 rings (SSSR count). The number of amides is 2. The van der Waals surface area contributed by atoms with Crippen LogP contribution in [0.5, 0.6) is 0 Å². The van der Waals surface area contributed by atoms with E-state index in [1.54, 1.807) is 6.07 Å². The highest BCUT2D eigenvalue weighted by atomic mass is 16.6. The van der Waals surface area contributed by atoms with Crippen molar-refractivity contribution < 1.29 is 14.3 Å². The van der Waals surface area contributed by atoms with E-state index in [9.17, 15) is 9.59 Å². The molecular weight excluding hydrogens is 408 g/mol. The van der Waals surface area contributed by atoms with Crippen molar-refractivity contribution in [1.29, 1.82) is 0 Å². The second-order valence-corrected chi connectivity index (χ2v) is 8.66. The molecule has 9 nitrogen and oxygen atoms in total. The fourth-order valence-electron chi connectivity index (χ4n) is 2.62. The third kappa shape index (κ3) is 12.8. The van der Waals surface area contributed by atoms with Crippen LogP contribution in [0.1, 0.15) is 50.0 Å². The SMILES string of the molecule is CCNC(=NCc1cccc(C(=O)NCCN(C)C)c1)NCCCNC(=O)OC(C)(C)C. The molecule has 0 radical (unpaired) electrons. The number of hydrogen-bond donors (Lipinski definition) is 4. The lowest BCUT2D eigenvalue weighted by Gasteiger charge is -2.19. The van der Waals surface area contributed by atoms with Crippen molar-refractivity contribution in [3.05, 3.63) is 35.4 Å². The zero-order chi connectivity index (χ0) is 24.0. The fraction of sp³-hybridized carbons (Fsp3) is 0.609. The number of ether oxygens (including phenoxy) is 1. The van der Waals surface area contributed by atoms with E-state index in [4.69, 9.17) is 4.74 Å². The lowest BCUT2D eigenvalue weighted by atomic mass is 10.1. The molecule has 180 valence electrons. The van der Waals surface area contributed by atoms with Gasteiger partial charge in [-0.2, -0.15) is 0 Å². The van der Waals surface area contributed by atoms with E-state index in [0.29, 0.717) is 37.7 Å². The molecule has 0 spiro atoms. The lowest BCUT2D eigenvalue weighted by molar-refractivity contribution is 0.0527. The normalized spacial score (nSPS) is 11.8. The molecule has 0 heterocycles. The van der Waals surface area contributed by atoms with Crippen LogP contribution in [0.15, 0.2) is 29.3 Å². The maximum Gasteiger partial charge on any atom is 0.407 e. The Hall–Kier alpha value is -2.81. The Kier molecular flexibility index (Phi) is 12.2. The second kappa shape index (κ2) is 14.3. The lowest BCUT2D eigenvalue weighted by Crippen LogP contribution is -2.39. The molecule has 0 atom stereocenters. The molecule has 9 heteroatoms. The monoisotopic (exact) mass is 448 g/mol. The summed E-state index contributed by atoms with van der Waals surface area (Å²) < 4.78 is 5.21. The van der Waals surface area contributed by atoms with Gasteiger partial charge < -0.3 is 30.9 Å². The molecule has 1 aromatic rings. The Morgan fingerprint density at radius 3 is 2.41 bits per heavy atom. The molecule has 2 amide bonds. The van der Waals surface area contributed by atoms with Crippen molar-refractivity contribution >= 4 is 18.0 Å². The van der Waals surface area contributed by atoms with Gasteiger partial charge in [0.1, 0.15) is 5.60 Å². The smallest absolute Gasteiger partial charge is 0.407 e. The summed E-state index contributed by atoms with van der Waals surface area (Å²) in [6.07, 6.45) is 0.315. The minimum Gasteiger partial charge on any atom is -0.444 e. The number of rotatable bonds is 11. The molecule has 0 aliphatic heterocycles. The molecule has 0 saturated carbocycles. The number of aliphatic imine (C=N–C) groups is 1. The highest BCUT2D eigenvalue weighted by Gasteiger charge is 2.15. The average Bonchev–Trinajstić information content (AvgIpc) is 2.70. The van der Waals surface area contributed by atoms with Gasteiger partial charge >= 0.3 is 6.09 Å². The molecular formula is C23H40N6O3. The van der Waals surface area contributed by atoms with E-state index < -0.39 is 11.7 Å². The van der Waals surface area contributed by atoms with Crippen LogP contribution in [0, 0.1) is 0 Å². The van der Waals surface area contributed by atoms with Crippen molar-refractivity contribution in [2.24, 2.45) is 4.99 Å². The molecule has 0 saturated heterocycles. The number of benzene rings is 1. The summed E-state index contributed by atoms with van der Waals surface area (Å²) in [5.74, 6) is 0.603. The summed E-state index contributed by atoms with van der Waals surface area (Å²) in [7, 11) is 3.94. The number of nitrogens with zero attached hydrogens (tertiary/aromatic N) is 2. The number of likely N-dealkylation sites (N-methyl/N-ethyl adjacent to an activating group) is 1. The van der Waals surface area contributed by atoms with Crippen LogP contribution in [0.4, 0.5) is 4.79 Å².